The van der Waals surface area contributed by atoms with Crippen LogP contribution in [0.4, 0.5) is 0 Å². The highest BCUT2D eigenvalue weighted by Gasteiger charge is 2.03. The van der Waals surface area contributed by atoms with E-state index in [2.05, 4.69) is 21.0 Å². The van der Waals surface area contributed by atoms with Gasteiger partial charge in [0.1, 0.15) is 0 Å². The van der Waals surface area contributed by atoms with Crippen molar-refractivity contribution in [3.05, 3.63) is 28.9 Å². The molecule has 5 heteroatoms. The van der Waals surface area contributed by atoms with Crippen molar-refractivity contribution >= 4 is 32.7 Å². The van der Waals surface area contributed by atoms with Crippen molar-refractivity contribution in [2.75, 3.05) is 0 Å². The van der Waals surface area contributed by atoms with E-state index in [1.54, 1.807) is 10.9 Å². The van der Waals surface area contributed by atoms with Gasteiger partial charge in [0.05, 0.1) is 18.3 Å². The number of nitrogens with zero attached hydrogens (tertiary/aromatic N) is 2. The number of aromatic nitrogens is 2. The van der Waals surface area contributed by atoms with Gasteiger partial charge in [0.2, 0.25) is 5.91 Å². The minimum Gasteiger partial charge on any atom is -0.370 e. The van der Waals surface area contributed by atoms with Gasteiger partial charge in [-0.05, 0) is 18.2 Å². The number of aryl methyl sites for hydroxylation is 1. The molecule has 0 spiro atoms. The third-order valence-electron chi connectivity index (χ3n) is 2.17. The lowest BCUT2D eigenvalue weighted by Gasteiger charge is -2.01. The molecule has 0 aliphatic carbocycles. The summed E-state index contributed by atoms with van der Waals surface area (Å²) < 4.78 is 2.80. The maximum atomic E-state index is 10.7. The van der Waals surface area contributed by atoms with Crippen LogP contribution in [0.3, 0.4) is 0 Å². The van der Waals surface area contributed by atoms with Crippen LogP contribution in [0, 0.1) is 0 Å². The molecular weight excluding hydrogens is 258 g/mol. The van der Waals surface area contributed by atoms with Gasteiger partial charge in [-0.3, -0.25) is 9.48 Å². The van der Waals surface area contributed by atoms with Crippen molar-refractivity contribution in [3.8, 4) is 0 Å². The van der Waals surface area contributed by atoms with Gasteiger partial charge in [-0.15, -0.1) is 0 Å². The molecular formula is C10H10BrN3O. The maximum absolute atomic E-state index is 10.7. The molecule has 0 saturated heterocycles. The molecule has 0 bridgehead atoms. The van der Waals surface area contributed by atoms with Crippen LogP contribution >= 0.6 is 15.9 Å². The summed E-state index contributed by atoms with van der Waals surface area (Å²) in [7, 11) is 0. The van der Waals surface area contributed by atoms with Crippen molar-refractivity contribution in [2.24, 2.45) is 5.73 Å². The number of halogens is 1. The second-order valence-electron chi connectivity index (χ2n) is 3.29. The van der Waals surface area contributed by atoms with E-state index in [1.807, 2.05) is 18.2 Å². The van der Waals surface area contributed by atoms with E-state index < -0.39 is 0 Å². The fraction of sp³-hybridized carbons (Fsp3) is 0.200. The summed E-state index contributed by atoms with van der Waals surface area (Å²) in [6, 6.07) is 5.90. The van der Waals surface area contributed by atoms with Crippen molar-refractivity contribution in [1.82, 2.24) is 9.78 Å². The molecule has 0 aliphatic heterocycles. The monoisotopic (exact) mass is 267 g/mol. The smallest absolute Gasteiger partial charge is 0.219 e. The van der Waals surface area contributed by atoms with Gasteiger partial charge in [-0.2, -0.15) is 5.10 Å². The van der Waals surface area contributed by atoms with Gasteiger partial charge in [0.15, 0.2) is 0 Å². The average molecular weight is 268 g/mol. The fourth-order valence-corrected chi connectivity index (χ4v) is 1.83. The van der Waals surface area contributed by atoms with E-state index in [1.165, 1.54) is 0 Å². The molecule has 0 atom stereocenters. The molecule has 1 heterocycles. The highest BCUT2D eigenvalue weighted by Crippen LogP contribution is 2.19. The first-order valence-corrected chi connectivity index (χ1v) is 5.35. The fourth-order valence-electron chi connectivity index (χ4n) is 1.45. The molecule has 15 heavy (non-hydrogen) atoms. The minimum atomic E-state index is -0.309. The van der Waals surface area contributed by atoms with Crippen LogP contribution in [0.5, 0.6) is 0 Å². The van der Waals surface area contributed by atoms with Gasteiger partial charge in [-0.25, -0.2) is 0 Å². The van der Waals surface area contributed by atoms with Crippen LogP contribution in [-0.2, 0) is 11.3 Å². The van der Waals surface area contributed by atoms with Crippen LogP contribution in [0.25, 0.3) is 10.9 Å². The zero-order valence-corrected chi connectivity index (χ0v) is 9.57. The normalized spacial score (nSPS) is 10.7. The maximum Gasteiger partial charge on any atom is 0.219 e. The number of rotatable bonds is 3. The number of fused-ring (bicyclic) bond motifs is 1. The largest absolute Gasteiger partial charge is 0.370 e. The Morgan fingerprint density at radius 1 is 1.53 bits per heavy atom. The molecule has 0 aliphatic rings. The number of hydrogen-bond donors (Lipinski definition) is 1. The first-order chi connectivity index (χ1) is 7.16. The second-order valence-corrected chi connectivity index (χ2v) is 4.20. The third kappa shape index (κ3) is 2.18. The molecule has 4 nitrogen and oxygen atoms in total. The molecule has 2 N–H and O–H groups in total. The molecule has 0 saturated carbocycles. The molecule has 1 aromatic heterocycles. The Bertz CT molecular complexity index is 506. The highest BCUT2D eigenvalue weighted by molar-refractivity contribution is 9.10. The lowest BCUT2D eigenvalue weighted by Crippen LogP contribution is -2.14. The first kappa shape index (κ1) is 10.2. The molecule has 1 aromatic carbocycles. The molecule has 0 unspecified atom stereocenters. The first-order valence-electron chi connectivity index (χ1n) is 4.56. The van der Waals surface area contributed by atoms with Gasteiger partial charge < -0.3 is 5.73 Å². The van der Waals surface area contributed by atoms with Gasteiger partial charge in [0, 0.05) is 16.3 Å². The SMILES string of the molecule is NC(=O)CCn1ncc2cc(Br)ccc21. The lowest BCUT2D eigenvalue weighted by atomic mass is 10.2. The number of nitrogens with two attached hydrogens (primary N) is 1. The molecule has 78 valence electrons. The molecule has 2 aromatic rings. The Balaban J connectivity index is 2.32. The van der Waals surface area contributed by atoms with Gasteiger partial charge >= 0.3 is 0 Å². The zero-order valence-electron chi connectivity index (χ0n) is 7.98. The summed E-state index contributed by atoms with van der Waals surface area (Å²) in [5.74, 6) is -0.309. The number of carbonyl (C=O) groups excluding carboxylic acids is 1. The Morgan fingerprint density at radius 3 is 3.07 bits per heavy atom. The number of hydrogen-bond acceptors (Lipinski definition) is 2. The Morgan fingerprint density at radius 2 is 2.33 bits per heavy atom. The van der Waals surface area contributed by atoms with E-state index in [0.717, 1.165) is 15.4 Å². The summed E-state index contributed by atoms with van der Waals surface area (Å²) >= 11 is 3.39. The van der Waals surface area contributed by atoms with E-state index in [9.17, 15) is 4.79 Å². The van der Waals surface area contributed by atoms with Crippen LogP contribution in [-0.4, -0.2) is 15.7 Å². The quantitative estimate of drug-likeness (QED) is 0.920. The van der Waals surface area contributed by atoms with E-state index in [0.29, 0.717) is 13.0 Å². The predicted molar refractivity (Wildman–Crippen MR) is 61.2 cm³/mol. The summed E-state index contributed by atoms with van der Waals surface area (Å²) in [4.78, 5) is 10.7. The summed E-state index contributed by atoms with van der Waals surface area (Å²) in [5, 5.41) is 5.25. The molecule has 2 rings (SSSR count). The van der Waals surface area contributed by atoms with Crippen molar-refractivity contribution < 1.29 is 4.79 Å². The highest BCUT2D eigenvalue weighted by atomic mass is 79.9. The average Bonchev–Trinajstić information content (AvgIpc) is 2.57. The third-order valence-corrected chi connectivity index (χ3v) is 2.67. The van der Waals surface area contributed by atoms with Crippen molar-refractivity contribution in [1.29, 1.82) is 0 Å². The van der Waals surface area contributed by atoms with Crippen LogP contribution in [0.15, 0.2) is 28.9 Å². The Kier molecular flexibility index (Phi) is 2.73. The van der Waals surface area contributed by atoms with E-state index >= 15 is 0 Å². The van der Waals surface area contributed by atoms with E-state index in [-0.39, 0.29) is 5.91 Å². The van der Waals surface area contributed by atoms with Crippen molar-refractivity contribution in [3.63, 3.8) is 0 Å². The number of primary amides is 1. The van der Waals surface area contributed by atoms with Gasteiger partial charge in [0.25, 0.3) is 0 Å². The Hall–Kier alpha value is -1.36. The molecule has 0 radical (unpaired) electrons. The summed E-state index contributed by atoms with van der Waals surface area (Å²) in [6.45, 7) is 0.528. The van der Waals surface area contributed by atoms with E-state index in [4.69, 9.17) is 5.73 Å². The number of amides is 1. The molecule has 1 amide bonds. The van der Waals surface area contributed by atoms with Crippen LogP contribution in [0.2, 0.25) is 0 Å². The molecule has 0 fully saturated rings. The van der Waals surface area contributed by atoms with Crippen molar-refractivity contribution in [2.45, 2.75) is 13.0 Å². The zero-order chi connectivity index (χ0) is 10.8. The standard InChI is InChI=1S/C10H10BrN3O/c11-8-1-2-9-7(5-8)6-13-14(9)4-3-10(12)15/h1-2,5-6H,3-4H2,(H2,12,15). The lowest BCUT2D eigenvalue weighted by molar-refractivity contribution is -0.118. The summed E-state index contributed by atoms with van der Waals surface area (Å²) in [5.41, 5.74) is 6.10. The second kappa shape index (κ2) is 4.02. The van der Waals surface area contributed by atoms with Crippen LogP contribution in [0.1, 0.15) is 6.42 Å². The topological polar surface area (TPSA) is 60.9 Å². The number of carbonyl (C=O) groups is 1. The summed E-state index contributed by atoms with van der Waals surface area (Å²) in [6.07, 6.45) is 2.09. The minimum absolute atomic E-state index is 0.309. The number of benzene rings is 1. The van der Waals surface area contributed by atoms with Crippen LogP contribution < -0.4 is 5.73 Å². The Labute approximate surface area is 95.2 Å². The van der Waals surface area contributed by atoms with Gasteiger partial charge in [-0.1, -0.05) is 15.9 Å². The predicted octanol–water partition coefficient (Wildman–Crippen LogP) is 1.67.